The monoisotopic (exact) mass is 399 g/mol. The Labute approximate surface area is 168 Å². The Bertz CT molecular complexity index is 890. The molecule has 4 rings (SSSR count). The minimum Gasteiger partial charge on any atom is -0.390 e. The molecule has 0 radical (unpaired) electrons. The molecule has 1 aromatic heterocycles. The fourth-order valence-electron chi connectivity index (χ4n) is 4.48. The number of benzene rings is 1. The molecule has 1 aliphatic heterocycles. The normalized spacial score (nSPS) is 21.9. The zero-order chi connectivity index (χ0) is 19.7. The van der Waals surface area contributed by atoms with Gasteiger partial charge in [0.25, 0.3) is 5.91 Å². The van der Waals surface area contributed by atoms with E-state index in [9.17, 15) is 9.59 Å². The van der Waals surface area contributed by atoms with E-state index < -0.39 is 5.91 Å². The van der Waals surface area contributed by atoms with Crippen molar-refractivity contribution in [2.75, 3.05) is 32.0 Å². The number of hydrogen-bond donors (Lipinski definition) is 2. The first-order chi connectivity index (χ1) is 13.5. The van der Waals surface area contributed by atoms with Gasteiger partial charge in [-0.1, -0.05) is 30.3 Å². The van der Waals surface area contributed by atoms with E-state index in [0.717, 1.165) is 22.4 Å². The highest BCUT2D eigenvalue weighted by molar-refractivity contribution is 7.16. The Balaban J connectivity index is 1.68. The van der Waals surface area contributed by atoms with E-state index in [1.54, 1.807) is 0 Å². The summed E-state index contributed by atoms with van der Waals surface area (Å²) >= 11 is 1.44. The highest BCUT2D eigenvalue weighted by Crippen LogP contribution is 2.46. The van der Waals surface area contributed by atoms with E-state index >= 15 is 0 Å². The van der Waals surface area contributed by atoms with Crippen LogP contribution in [0.3, 0.4) is 0 Å². The van der Waals surface area contributed by atoms with Gasteiger partial charge in [0.1, 0.15) is 0 Å². The summed E-state index contributed by atoms with van der Waals surface area (Å²) in [6.07, 6.45) is 2.63. The zero-order valence-corrected chi connectivity index (χ0v) is 16.6. The molecule has 1 fully saturated rings. The van der Waals surface area contributed by atoms with Crippen molar-refractivity contribution < 1.29 is 14.3 Å². The SMILES string of the molecule is NC(=O)c1c(N)sc2c1CCC(CC(=O)N1CCOCC1)(c1ccccc1)C2. The van der Waals surface area contributed by atoms with Gasteiger partial charge in [-0.2, -0.15) is 0 Å². The molecule has 1 aliphatic carbocycles. The van der Waals surface area contributed by atoms with Crippen LogP contribution in [0.15, 0.2) is 30.3 Å². The number of morpholine rings is 1. The molecule has 2 amide bonds. The van der Waals surface area contributed by atoms with Crippen LogP contribution in [-0.4, -0.2) is 43.0 Å². The maximum absolute atomic E-state index is 13.1. The van der Waals surface area contributed by atoms with Crippen molar-refractivity contribution in [2.24, 2.45) is 5.73 Å². The van der Waals surface area contributed by atoms with E-state index in [1.807, 2.05) is 23.1 Å². The quantitative estimate of drug-likeness (QED) is 0.822. The molecule has 2 heterocycles. The van der Waals surface area contributed by atoms with Crippen LogP contribution in [0.5, 0.6) is 0 Å². The Morgan fingerprint density at radius 2 is 1.89 bits per heavy atom. The number of thiophene rings is 1. The largest absolute Gasteiger partial charge is 0.390 e. The van der Waals surface area contributed by atoms with Crippen LogP contribution in [0.2, 0.25) is 0 Å². The van der Waals surface area contributed by atoms with Gasteiger partial charge < -0.3 is 21.1 Å². The van der Waals surface area contributed by atoms with Crippen LogP contribution in [0, 0.1) is 0 Å². The smallest absolute Gasteiger partial charge is 0.251 e. The van der Waals surface area contributed by atoms with Gasteiger partial charge in [-0.15, -0.1) is 11.3 Å². The minimum absolute atomic E-state index is 0.162. The predicted octanol–water partition coefficient (Wildman–Crippen LogP) is 2.10. The molecule has 28 heavy (non-hydrogen) atoms. The van der Waals surface area contributed by atoms with Gasteiger partial charge in [0.2, 0.25) is 5.91 Å². The predicted molar refractivity (Wildman–Crippen MR) is 109 cm³/mol. The number of carbonyl (C=O) groups is 2. The summed E-state index contributed by atoms with van der Waals surface area (Å²) in [6, 6.07) is 10.2. The molecule has 2 aromatic rings. The van der Waals surface area contributed by atoms with Crippen molar-refractivity contribution in [3.8, 4) is 0 Å². The number of nitrogens with two attached hydrogens (primary N) is 2. The number of rotatable bonds is 4. The van der Waals surface area contributed by atoms with Gasteiger partial charge in [0, 0.05) is 29.8 Å². The second-order valence-corrected chi connectivity index (χ2v) is 8.74. The number of primary amides is 1. The van der Waals surface area contributed by atoms with Crippen molar-refractivity contribution in [3.05, 3.63) is 51.9 Å². The third kappa shape index (κ3) is 3.40. The first-order valence-electron chi connectivity index (χ1n) is 9.61. The highest BCUT2D eigenvalue weighted by atomic mass is 32.1. The van der Waals surface area contributed by atoms with Crippen molar-refractivity contribution in [2.45, 2.75) is 31.1 Å². The number of ether oxygens (including phenoxy) is 1. The van der Waals surface area contributed by atoms with E-state index in [0.29, 0.717) is 56.1 Å². The van der Waals surface area contributed by atoms with Crippen LogP contribution in [0.25, 0.3) is 0 Å². The molecule has 0 spiro atoms. The van der Waals surface area contributed by atoms with Crippen molar-refractivity contribution in [3.63, 3.8) is 0 Å². The number of nitrogens with zero attached hydrogens (tertiary/aromatic N) is 1. The average molecular weight is 400 g/mol. The Morgan fingerprint density at radius 3 is 2.57 bits per heavy atom. The van der Waals surface area contributed by atoms with Gasteiger partial charge in [-0.05, 0) is 30.4 Å². The van der Waals surface area contributed by atoms with Gasteiger partial charge in [0.15, 0.2) is 0 Å². The fourth-order valence-corrected chi connectivity index (χ4v) is 5.74. The Morgan fingerprint density at radius 1 is 1.18 bits per heavy atom. The van der Waals surface area contributed by atoms with Crippen LogP contribution in [0.1, 0.15) is 39.2 Å². The summed E-state index contributed by atoms with van der Waals surface area (Å²) in [4.78, 5) is 27.9. The molecule has 1 aromatic carbocycles. The van der Waals surface area contributed by atoms with Crippen LogP contribution in [0.4, 0.5) is 5.00 Å². The molecule has 0 saturated carbocycles. The second kappa shape index (κ2) is 7.56. The number of fused-ring (bicyclic) bond motifs is 1. The molecular formula is C21H25N3O3S. The lowest BCUT2D eigenvalue weighted by Gasteiger charge is -2.39. The standard InChI is InChI=1S/C21H25N3O3S/c22-19(26)18-15-6-7-21(12-16(15)28-20(18)23,14-4-2-1-3-5-14)13-17(25)24-8-10-27-11-9-24/h1-5H,6-13,23H2,(H2,22,26). The Hall–Kier alpha value is -2.38. The average Bonchev–Trinajstić information content (AvgIpc) is 3.04. The molecule has 7 heteroatoms. The molecule has 1 saturated heterocycles. The van der Waals surface area contributed by atoms with Crippen molar-refractivity contribution in [1.82, 2.24) is 4.90 Å². The molecule has 6 nitrogen and oxygen atoms in total. The lowest BCUT2D eigenvalue weighted by atomic mass is 9.67. The van der Waals surface area contributed by atoms with Gasteiger partial charge >= 0.3 is 0 Å². The molecule has 4 N–H and O–H groups in total. The minimum atomic E-state index is -0.466. The summed E-state index contributed by atoms with van der Waals surface area (Å²) in [5.74, 6) is -0.304. The maximum Gasteiger partial charge on any atom is 0.251 e. The van der Waals surface area contributed by atoms with Gasteiger partial charge in [0.05, 0.1) is 23.8 Å². The van der Waals surface area contributed by atoms with Crippen LogP contribution in [-0.2, 0) is 27.8 Å². The first kappa shape index (κ1) is 19.0. The van der Waals surface area contributed by atoms with Gasteiger partial charge in [-0.25, -0.2) is 0 Å². The third-order valence-corrected chi connectivity index (χ3v) is 7.02. The number of carbonyl (C=O) groups excluding carboxylic acids is 2. The van der Waals surface area contributed by atoms with E-state index in [2.05, 4.69) is 12.1 Å². The molecule has 1 unspecified atom stereocenters. The summed E-state index contributed by atoms with van der Waals surface area (Å²) in [5.41, 5.74) is 14.0. The summed E-state index contributed by atoms with van der Waals surface area (Å²) < 4.78 is 5.38. The van der Waals surface area contributed by atoms with Crippen LogP contribution < -0.4 is 11.5 Å². The summed E-state index contributed by atoms with van der Waals surface area (Å²) in [6.45, 7) is 2.48. The number of amides is 2. The maximum atomic E-state index is 13.1. The third-order valence-electron chi connectivity index (χ3n) is 5.96. The lowest BCUT2D eigenvalue weighted by molar-refractivity contribution is -0.136. The molecular weight excluding hydrogens is 374 g/mol. The van der Waals surface area contributed by atoms with Gasteiger partial charge in [-0.3, -0.25) is 9.59 Å². The first-order valence-corrected chi connectivity index (χ1v) is 10.4. The topological polar surface area (TPSA) is 98.7 Å². The van der Waals surface area contributed by atoms with E-state index in [1.165, 1.54) is 11.3 Å². The summed E-state index contributed by atoms with van der Waals surface area (Å²) in [5, 5.41) is 0.487. The molecule has 148 valence electrons. The summed E-state index contributed by atoms with van der Waals surface area (Å²) in [7, 11) is 0. The number of hydrogen-bond acceptors (Lipinski definition) is 5. The zero-order valence-electron chi connectivity index (χ0n) is 15.8. The fraction of sp³-hybridized carbons (Fsp3) is 0.429. The number of nitrogen functional groups attached to an aromatic ring is 1. The van der Waals surface area contributed by atoms with Crippen molar-refractivity contribution >= 4 is 28.2 Å². The van der Waals surface area contributed by atoms with Crippen molar-refractivity contribution in [1.29, 1.82) is 0 Å². The molecule has 1 atom stereocenters. The highest BCUT2D eigenvalue weighted by Gasteiger charge is 2.41. The molecule has 0 bridgehead atoms. The molecule has 2 aliphatic rings. The van der Waals surface area contributed by atoms with Crippen LogP contribution >= 0.6 is 11.3 Å². The Kier molecular flexibility index (Phi) is 5.12. The second-order valence-electron chi connectivity index (χ2n) is 7.60. The number of anilines is 1. The van der Waals surface area contributed by atoms with E-state index in [-0.39, 0.29) is 11.3 Å². The van der Waals surface area contributed by atoms with E-state index in [4.69, 9.17) is 16.2 Å². The lowest BCUT2D eigenvalue weighted by Crippen LogP contribution is -2.45.